The second kappa shape index (κ2) is 11.7. The van der Waals surface area contributed by atoms with Crippen LogP contribution in [0.3, 0.4) is 0 Å². The number of alkyl carbamates (subject to hydrolysis) is 1. The maximum absolute atomic E-state index is 13.6. The number of para-hydroxylation sites is 1. The van der Waals surface area contributed by atoms with Crippen LogP contribution in [0.25, 0.3) is 0 Å². The Balaban J connectivity index is 2.39. The molecule has 0 saturated heterocycles. The number of phenolic OH excluding ortho intramolecular Hbond substituents is 1. The van der Waals surface area contributed by atoms with Crippen molar-refractivity contribution in [2.75, 3.05) is 6.54 Å². The van der Waals surface area contributed by atoms with Gasteiger partial charge in [0.25, 0.3) is 0 Å². The molecular weight excluding hydrogens is 446 g/mol. The molecular formula is C27H37N3O5. The van der Waals surface area contributed by atoms with Gasteiger partial charge < -0.3 is 25.4 Å². The topological polar surface area (TPSA) is 108 Å². The molecule has 3 amide bonds. The van der Waals surface area contributed by atoms with Gasteiger partial charge in [0.05, 0.1) is 0 Å². The Hall–Kier alpha value is -3.55. The summed E-state index contributed by atoms with van der Waals surface area (Å²) in [5, 5.41) is 16.0. The van der Waals surface area contributed by atoms with Gasteiger partial charge >= 0.3 is 6.09 Å². The smallest absolute Gasteiger partial charge is 0.408 e. The average molecular weight is 484 g/mol. The van der Waals surface area contributed by atoms with Crippen molar-refractivity contribution in [2.45, 2.75) is 71.7 Å². The van der Waals surface area contributed by atoms with E-state index in [4.69, 9.17) is 4.74 Å². The molecule has 1 atom stereocenters. The van der Waals surface area contributed by atoms with Crippen molar-refractivity contribution in [1.82, 2.24) is 15.5 Å². The van der Waals surface area contributed by atoms with E-state index >= 15 is 0 Å². The molecule has 0 aliphatic rings. The summed E-state index contributed by atoms with van der Waals surface area (Å²) in [5.41, 5.74) is -0.295. The third-order valence-electron chi connectivity index (χ3n) is 5.62. The number of nitrogens with one attached hydrogen (secondary N) is 2. The molecule has 0 aliphatic heterocycles. The zero-order valence-corrected chi connectivity index (χ0v) is 21.4. The molecule has 8 heteroatoms. The average Bonchev–Trinajstić information content (AvgIpc) is 2.79. The molecule has 2 rings (SSSR count). The molecule has 0 aliphatic carbocycles. The highest BCUT2D eigenvalue weighted by Crippen LogP contribution is 2.35. The predicted molar refractivity (Wildman–Crippen MR) is 135 cm³/mol. The zero-order valence-electron chi connectivity index (χ0n) is 21.4. The fourth-order valence-corrected chi connectivity index (χ4v) is 3.55. The van der Waals surface area contributed by atoms with E-state index in [1.165, 1.54) is 11.0 Å². The van der Waals surface area contributed by atoms with Crippen LogP contribution in [0.1, 0.15) is 65.1 Å². The van der Waals surface area contributed by atoms with Crippen molar-refractivity contribution in [3.8, 4) is 5.75 Å². The summed E-state index contributed by atoms with van der Waals surface area (Å²) in [6.07, 6.45) is -0.200. The van der Waals surface area contributed by atoms with E-state index in [-0.39, 0.29) is 18.8 Å². The first-order valence-electron chi connectivity index (χ1n) is 11.7. The Bertz CT molecular complexity index is 1010. The molecule has 35 heavy (non-hydrogen) atoms. The standard InChI is InChI=1S/C27H37N3O5/c1-7-27(5,6)30(22(32)18-29-25(34)35-26(2,3)4)23(20-15-11-12-16-21(20)31)24(33)28-17-19-13-9-8-10-14-19/h8-16,23,31H,7,17-18H2,1-6H3,(H,28,33)(H,29,34). The van der Waals surface area contributed by atoms with E-state index in [1.807, 2.05) is 51.1 Å². The highest BCUT2D eigenvalue weighted by Gasteiger charge is 2.41. The summed E-state index contributed by atoms with van der Waals surface area (Å²) >= 11 is 0. The van der Waals surface area contributed by atoms with E-state index in [9.17, 15) is 19.5 Å². The molecule has 0 radical (unpaired) electrons. The summed E-state index contributed by atoms with van der Waals surface area (Å²) in [4.78, 5) is 40.7. The SMILES string of the molecule is CCC(C)(C)N(C(=O)CNC(=O)OC(C)(C)C)C(C(=O)NCc1ccccc1)c1ccccc1O. The van der Waals surface area contributed by atoms with Crippen molar-refractivity contribution >= 4 is 17.9 Å². The number of phenols is 1. The fourth-order valence-electron chi connectivity index (χ4n) is 3.55. The number of benzene rings is 2. The largest absolute Gasteiger partial charge is 0.508 e. The monoisotopic (exact) mass is 483 g/mol. The minimum atomic E-state index is -1.12. The molecule has 1 unspecified atom stereocenters. The molecule has 2 aromatic carbocycles. The van der Waals surface area contributed by atoms with Crippen LogP contribution in [-0.4, -0.2) is 45.6 Å². The Morgan fingerprint density at radius 2 is 1.54 bits per heavy atom. The van der Waals surface area contributed by atoms with Gasteiger partial charge in [0.1, 0.15) is 23.9 Å². The number of carbonyl (C=O) groups is 3. The number of aromatic hydroxyl groups is 1. The quantitative estimate of drug-likeness (QED) is 0.493. The van der Waals surface area contributed by atoms with Crippen molar-refractivity contribution in [3.63, 3.8) is 0 Å². The number of carbonyl (C=O) groups excluding carboxylic acids is 3. The normalized spacial score (nSPS) is 12.4. The number of hydrogen-bond donors (Lipinski definition) is 3. The number of amides is 3. The molecule has 0 saturated carbocycles. The zero-order chi connectivity index (χ0) is 26.2. The van der Waals surface area contributed by atoms with E-state index in [2.05, 4.69) is 10.6 Å². The lowest BCUT2D eigenvalue weighted by Crippen LogP contribution is -2.56. The van der Waals surface area contributed by atoms with Crippen LogP contribution in [0.5, 0.6) is 5.75 Å². The third-order valence-corrected chi connectivity index (χ3v) is 5.62. The molecule has 0 bridgehead atoms. The Kier molecular flexibility index (Phi) is 9.28. The third kappa shape index (κ3) is 8.02. The second-order valence-corrected chi connectivity index (χ2v) is 9.95. The lowest BCUT2D eigenvalue weighted by Gasteiger charge is -2.43. The van der Waals surface area contributed by atoms with Crippen molar-refractivity contribution < 1.29 is 24.2 Å². The summed E-state index contributed by atoms with van der Waals surface area (Å²) in [6.45, 7) is 10.7. The molecule has 8 nitrogen and oxygen atoms in total. The number of ether oxygens (including phenoxy) is 1. The van der Waals surface area contributed by atoms with Crippen molar-refractivity contribution in [3.05, 3.63) is 65.7 Å². The molecule has 3 N–H and O–H groups in total. The van der Waals surface area contributed by atoms with Crippen LogP contribution in [-0.2, 0) is 20.9 Å². The van der Waals surface area contributed by atoms with Gasteiger partial charge in [-0.1, -0.05) is 55.5 Å². The van der Waals surface area contributed by atoms with Crippen LogP contribution in [0.4, 0.5) is 4.79 Å². The van der Waals surface area contributed by atoms with Crippen molar-refractivity contribution in [2.24, 2.45) is 0 Å². The van der Waals surface area contributed by atoms with Gasteiger partial charge in [-0.05, 0) is 52.7 Å². The minimum Gasteiger partial charge on any atom is -0.508 e. The highest BCUT2D eigenvalue weighted by molar-refractivity contribution is 5.91. The fraction of sp³-hybridized carbons (Fsp3) is 0.444. The maximum atomic E-state index is 13.6. The van der Waals surface area contributed by atoms with Gasteiger partial charge in [0.2, 0.25) is 11.8 Å². The van der Waals surface area contributed by atoms with Gasteiger partial charge in [-0.15, -0.1) is 0 Å². The van der Waals surface area contributed by atoms with Crippen LogP contribution in [0.15, 0.2) is 54.6 Å². The van der Waals surface area contributed by atoms with Gasteiger partial charge in [0, 0.05) is 17.6 Å². The van der Waals surface area contributed by atoms with Crippen molar-refractivity contribution in [1.29, 1.82) is 0 Å². The summed E-state index contributed by atoms with van der Waals surface area (Å²) in [7, 11) is 0. The first-order chi connectivity index (χ1) is 16.4. The number of hydrogen-bond acceptors (Lipinski definition) is 5. The van der Waals surface area contributed by atoms with E-state index in [0.29, 0.717) is 12.0 Å². The van der Waals surface area contributed by atoms with Gasteiger partial charge in [-0.25, -0.2) is 4.79 Å². The van der Waals surface area contributed by atoms with Crippen LogP contribution in [0, 0.1) is 0 Å². The Labute approximate surface area is 207 Å². The van der Waals surface area contributed by atoms with E-state index in [1.54, 1.807) is 39.0 Å². The van der Waals surface area contributed by atoms with E-state index in [0.717, 1.165) is 5.56 Å². The second-order valence-electron chi connectivity index (χ2n) is 9.95. The first kappa shape index (κ1) is 27.7. The van der Waals surface area contributed by atoms with E-state index < -0.39 is 35.1 Å². The number of rotatable bonds is 9. The van der Waals surface area contributed by atoms with Gasteiger partial charge in [0.15, 0.2) is 0 Å². The molecule has 190 valence electrons. The van der Waals surface area contributed by atoms with Crippen LogP contribution >= 0.6 is 0 Å². The van der Waals surface area contributed by atoms with Gasteiger partial charge in [-0.2, -0.15) is 0 Å². The molecule has 0 aromatic heterocycles. The molecule has 0 spiro atoms. The Morgan fingerprint density at radius 3 is 2.11 bits per heavy atom. The number of nitrogens with zero attached hydrogens (tertiary/aromatic N) is 1. The Morgan fingerprint density at radius 1 is 0.943 bits per heavy atom. The molecule has 0 heterocycles. The highest BCUT2D eigenvalue weighted by atomic mass is 16.6. The van der Waals surface area contributed by atoms with Gasteiger partial charge in [-0.3, -0.25) is 9.59 Å². The van der Waals surface area contributed by atoms with Crippen LogP contribution < -0.4 is 10.6 Å². The lowest BCUT2D eigenvalue weighted by molar-refractivity contribution is -0.147. The predicted octanol–water partition coefficient (Wildman–Crippen LogP) is 4.29. The lowest BCUT2D eigenvalue weighted by atomic mass is 9.92. The summed E-state index contributed by atoms with van der Waals surface area (Å²) in [5.74, 6) is -1.02. The molecule has 2 aromatic rings. The first-order valence-corrected chi connectivity index (χ1v) is 11.7. The molecule has 0 fully saturated rings. The maximum Gasteiger partial charge on any atom is 0.408 e. The minimum absolute atomic E-state index is 0.0998. The summed E-state index contributed by atoms with van der Waals surface area (Å²) in [6, 6.07) is 14.7. The van der Waals surface area contributed by atoms with Crippen LogP contribution in [0.2, 0.25) is 0 Å². The summed E-state index contributed by atoms with van der Waals surface area (Å²) < 4.78 is 5.24.